The molecule has 0 aliphatic heterocycles. The molecule has 118 valence electrons. The van der Waals surface area contributed by atoms with E-state index in [4.69, 9.17) is 5.73 Å². The molecule has 2 heterocycles. The van der Waals surface area contributed by atoms with E-state index in [2.05, 4.69) is 10.3 Å². The summed E-state index contributed by atoms with van der Waals surface area (Å²) in [6.45, 7) is 2.43. The minimum absolute atomic E-state index is 0.0219. The van der Waals surface area contributed by atoms with Gasteiger partial charge >= 0.3 is 0 Å². The minimum Gasteiger partial charge on any atom is -0.396 e. The summed E-state index contributed by atoms with van der Waals surface area (Å²) >= 11 is 0. The van der Waals surface area contributed by atoms with E-state index in [0.717, 1.165) is 10.9 Å². The van der Waals surface area contributed by atoms with Crippen LogP contribution in [-0.4, -0.2) is 16.6 Å². The van der Waals surface area contributed by atoms with Crippen molar-refractivity contribution in [3.05, 3.63) is 52.7 Å². The number of fused-ring (bicyclic) bond motifs is 1. The van der Waals surface area contributed by atoms with Crippen LogP contribution in [0.25, 0.3) is 22.0 Å². The molecule has 0 radical (unpaired) electrons. The van der Waals surface area contributed by atoms with Crippen LogP contribution in [0.1, 0.15) is 6.92 Å². The van der Waals surface area contributed by atoms with Crippen LogP contribution in [0.5, 0.6) is 0 Å². The number of nitrogens with one attached hydrogen (secondary N) is 1. The molecule has 0 aliphatic carbocycles. The van der Waals surface area contributed by atoms with Crippen LogP contribution in [0.4, 0.5) is 15.9 Å². The lowest BCUT2D eigenvalue weighted by molar-refractivity contribution is 0.632. The van der Waals surface area contributed by atoms with Crippen LogP contribution in [0.3, 0.4) is 0 Å². The second-order valence-electron chi connectivity index (χ2n) is 5.22. The maximum Gasteiger partial charge on any atom is 0.258 e. The standard InChI is InChI=1S/C17H17FN4O/c1-3-22-15-8-16(20-2)21-9-11(15)6-12(17(22)23)10-4-5-13(18)14(19)7-10/h4-9H,3,19H2,1-2H3,(H,20,21). The molecule has 6 heteroatoms. The van der Waals surface area contributed by atoms with Crippen LogP contribution < -0.4 is 16.6 Å². The molecular weight excluding hydrogens is 295 g/mol. The maximum atomic E-state index is 13.4. The molecule has 0 amide bonds. The molecule has 0 spiro atoms. The smallest absolute Gasteiger partial charge is 0.258 e. The SMILES string of the molecule is CCn1c(=O)c(-c2ccc(F)c(N)c2)cc2cnc(NC)cc21. The van der Waals surface area contributed by atoms with Crippen molar-refractivity contribution in [1.82, 2.24) is 9.55 Å². The third kappa shape index (κ3) is 2.52. The average molecular weight is 312 g/mol. The van der Waals surface area contributed by atoms with Crippen molar-refractivity contribution >= 4 is 22.4 Å². The first-order valence-corrected chi connectivity index (χ1v) is 7.32. The number of halogens is 1. The van der Waals surface area contributed by atoms with E-state index in [0.29, 0.717) is 23.5 Å². The first kappa shape index (κ1) is 15.0. The quantitative estimate of drug-likeness (QED) is 0.729. The molecule has 3 N–H and O–H groups in total. The number of anilines is 2. The van der Waals surface area contributed by atoms with Crippen LogP contribution in [0, 0.1) is 5.82 Å². The van der Waals surface area contributed by atoms with Gasteiger partial charge in [0, 0.05) is 36.8 Å². The Hall–Kier alpha value is -2.89. The minimum atomic E-state index is -0.495. The molecule has 0 bridgehead atoms. The summed E-state index contributed by atoms with van der Waals surface area (Å²) in [6.07, 6.45) is 1.71. The highest BCUT2D eigenvalue weighted by Gasteiger charge is 2.12. The molecule has 0 fully saturated rings. The third-order valence-corrected chi connectivity index (χ3v) is 3.86. The number of aromatic nitrogens is 2. The van der Waals surface area contributed by atoms with E-state index in [1.54, 1.807) is 29.9 Å². The largest absolute Gasteiger partial charge is 0.396 e. The Kier molecular flexibility index (Phi) is 3.73. The fraction of sp³-hybridized carbons (Fsp3) is 0.176. The zero-order valence-electron chi connectivity index (χ0n) is 12.9. The lowest BCUT2D eigenvalue weighted by Crippen LogP contribution is -2.21. The molecule has 0 saturated heterocycles. The van der Waals surface area contributed by atoms with Crippen LogP contribution >= 0.6 is 0 Å². The summed E-state index contributed by atoms with van der Waals surface area (Å²) in [6, 6.07) is 7.91. The van der Waals surface area contributed by atoms with Gasteiger partial charge in [-0.1, -0.05) is 6.07 Å². The fourth-order valence-corrected chi connectivity index (χ4v) is 2.64. The van der Waals surface area contributed by atoms with Crippen molar-refractivity contribution in [2.24, 2.45) is 0 Å². The van der Waals surface area contributed by atoms with E-state index in [1.807, 2.05) is 13.0 Å². The van der Waals surface area contributed by atoms with Crippen molar-refractivity contribution in [1.29, 1.82) is 0 Å². The molecule has 0 unspecified atom stereocenters. The molecule has 1 aromatic carbocycles. The van der Waals surface area contributed by atoms with E-state index in [-0.39, 0.29) is 11.2 Å². The highest BCUT2D eigenvalue weighted by Crippen LogP contribution is 2.24. The summed E-state index contributed by atoms with van der Waals surface area (Å²) < 4.78 is 15.0. The molecule has 3 rings (SSSR count). The zero-order valence-corrected chi connectivity index (χ0v) is 12.9. The van der Waals surface area contributed by atoms with Crippen LogP contribution in [0.15, 0.2) is 41.3 Å². The molecular formula is C17H17FN4O. The van der Waals surface area contributed by atoms with Gasteiger partial charge in [-0.2, -0.15) is 0 Å². The van der Waals surface area contributed by atoms with Gasteiger partial charge in [-0.15, -0.1) is 0 Å². The van der Waals surface area contributed by atoms with Gasteiger partial charge < -0.3 is 15.6 Å². The average Bonchev–Trinajstić information content (AvgIpc) is 2.56. The Morgan fingerprint density at radius 3 is 2.74 bits per heavy atom. The monoisotopic (exact) mass is 312 g/mol. The Labute approximate surface area is 132 Å². The predicted molar refractivity (Wildman–Crippen MR) is 91.0 cm³/mol. The number of nitrogens with zero attached hydrogens (tertiary/aromatic N) is 2. The van der Waals surface area contributed by atoms with Gasteiger partial charge in [0.1, 0.15) is 11.6 Å². The van der Waals surface area contributed by atoms with E-state index >= 15 is 0 Å². The second kappa shape index (κ2) is 5.72. The van der Waals surface area contributed by atoms with E-state index < -0.39 is 5.82 Å². The number of hydrogen-bond donors (Lipinski definition) is 2. The number of nitrogens with two attached hydrogens (primary N) is 1. The first-order chi connectivity index (χ1) is 11.0. The normalized spacial score (nSPS) is 10.9. The van der Waals surface area contributed by atoms with Crippen LogP contribution in [0.2, 0.25) is 0 Å². The highest BCUT2D eigenvalue weighted by atomic mass is 19.1. The Bertz CT molecular complexity index is 949. The van der Waals surface area contributed by atoms with Crippen molar-refractivity contribution in [3.8, 4) is 11.1 Å². The Morgan fingerprint density at radius 1 is 1.30 bits per heavy atom. The lowest BCUT2D eigenvalue weighted by Gasteiger charge is -2.12. The number of nitrogen functional groups attached to an aromatic ring is 1. The van der Waals surface area contributed by atoms with E-state index in [9.17, 15) is 9.18 Å². The zero-order chi connectivity index (χ0) is 16.6. The summed E-state index contributed by atoms with van der Waals surface area (Å²) in [7, 11) is 1.78. The summed E-state index contributed by atoms with van der Waals surface area (Å²) in [5.74, 6) is 0.198. The van der Waals surface area contributed by atoms with Crippen molar-refractivity contribution < 1.29 is 4.39 Å². The second-order valence-corrected chi connectivity index (χ2v) is 5.22. The Morgan fingerprint density at radius 2 is 2.09 bits per heavy atom. The van der Waals surface area contributed by atoms with Gasteiger partial charge in [0.25, 0.3) is 5.56 Å². The number of aryl methyl sites for hydroxylation is 1. The van der Waals surface area contributed by atoms with E-state index in [1.165, 1.54) is 12.1 Å². The number of hydrogen-bond acceptors (Lipinski definition) is 4. The Balaban J connectivity index is 2.32. The molecule has 0 atom stereocenters. The number of benzene rings is 1. The van der Waals surface area contributed by atoms with Crippen LogP contribution in [-0.2, 0) is 6.54 Å². The molecule has 0 saturated carbocycles. The molecule has 23 heavy (non-hydrogen) atoms. The summed E-state index contributed by atoms with van der Waals surface area (Å²) in [4.78, 5) is 17.1. The molecule has 0 aliphatic rings. The number of rotatable bonds is 3. The van der Waals surface area contributed by atoms with Gasteiger partial charge in [-0.25, -0.2) is 9.37 Å². The van der Waals surface area contributed by atoms with Gasteiger partial charge in [0.2, 0.25) is 0 Å². The first-order valence-electron chi connectivity index (χ1n) is 7.32. The topological polar surface area (TPSA) is 72.9 Å². The lowest BCUT2D eigenvalue weighted by atomic mass is 10.0. The maximum absolute atomic E-state index is 13.4. The molecule has 2 aromatic heterocycles. The van der Waals surface area contributed by atoms with Crippen molar-refractivity contribution in [2.45, 2.75) is 13.5 Å². The molecule has 3 aromatic rings. The predicted octanol–water partition coefficient (Wildman–Crippen LogP) is 2.85. The van der Waals surface area contributed by atoms with Crippen molar-refractivity contribution in [2.75, 3.05) is 18.1 Å². The highest BCUT2D eigenvalue weighted by molar-refractivity contribution is 5.85. The summed E-state index contributed by atoms with van der Waals surface area (Å²) in [5.41, 5.74) is 7.38. The summed E-state index contributed by atoms with van der Waals surface area (Å²) in [5, 5.41) is 3.80. The number of pyridine rings is 2. The van der Waals surface area contributed by atoms with Gasteiger partial charge in [-0.3, -0.25) is 4.79 Å². The van der Waals surface area contributed by atoms with Crippen molar-refractivity contribution in [3.63, 3.8) is 0 Å². The fourth-order valence-electron chi connectivity index (χ4n) is 2.64. The molecule has 5 nitrogen and oxygen atoms in total. The van der Waals surface area contributed by atoms with Gasteiger partial charge in [0.05, 0.1) is 11.2 Å². The third-order valence-electron chi connectivity index (χ3n) is 3.86. The van der Waals surface area contributed by atoms with Gasteiger partial charge in [-0.05, 0) is 30.7 Å². The van der Waals surface area contributed by atoms with Gasteiger partial charge in [0.15, 0.2) is 0 Å².